The molecule has 0 saturated carbocycles. The molecule has 0 spiro atoms. The van der Waals surface area contributed by atoms with Gasteiger partial charge in [-0.3, -0.25) is 4.79 Å². The molecular weight excluding hydrogens is 340 g/mol. The van der Waals surface area contributed by atoms with Crippen molar-refractivity contribution in [1.82, 2.24) is 20.3 Å². The number of hydrogen-bond acceptors (Lipinski definition) is 6. The van der Waals surface area contributed by atoms with Gasteiger partial charge < -0.3 is 15.5 Å². The van der Waals surface area contributed by atoms with Crippen LogP contribution in [0.4, 0.5) is 11.6 Å². The number of pyridine rings is 1. The Morgan fingerprint density at radius 2 is 2.00 bits per heavy atom. The molecule has 2 aromatic heterocycles. The van der Waals surface area contributed by atoms with Crippen molar-refractivity contribution < 1.29 is 4.79 Å². The minimum atomic E-state index is -0.0698. The third kappa shape index (κ3) is 5.15. The van der Waals surface area contributed by atoms with Gasteiger partial charge in [-0.1, -0.05) is 6.92 Å². The van der Waals surface area contributed by atoms with Crippen LogP contribution >= 0.6 is 0 Å². The molecule has 1 amide bonds. The highest BCUT2D eigenvalue weighted by atomic mass is 16.1. The van der Waals surface area contributed by atoms with Gasteiger partial charge in [-0.05, 0) is 45.2 Å². The van der Waals surface area contributed by atoms with Crippen LogP contribution in [0.2, 0.25) is 0 Å². The van der Waals surface area contributed by atoms with Gasteiger partial charge in [0, 0.05) is 43.6 Å². The Hall–Kier alpha value is -2.70. The van der Waals surface area contributed by atoms with E-state index in [-0.39, 0.29) is 5.91 Å². The zero-order valence-electron chi connectivity index (χ0n) is 16.3. The molecule has 1 saturated heterocycles. The summed E-state index contributed by atoms with van der Waals surface area (Å²) in [4.78, 5) is 27.6. The topological polar surface area (TPSA) is 83.0 Å². The Bertz CT molecular complexity index is 748. The van der Waals surface area contributed by atoms with E-state index in [1.807, 2.05) is 39.0 Å². The SMILES string of the molecule is CCCNC(=O)c1ccc(NC2CCN(c3cc(C)nc(C)n3)CC2)nc1. The van der Waals surface area contributed by atoms with Crippen LogP contribution in [0.1, 0.15) is 48.1 Å². The van der Waals surface area contributed by atoms with Crippen LogP contribution in [0.5, 0.6) is 0 Å². The fraction of sp³-hybridized carbons (Fsp3) is 0.500. The lowest BCUT2D eigenvalue weighted by Crippen LogP contribution is -2.39. The number of anilines is 2. The summed E-state index contributed by atoms with van der Waals surface area (Å²) in [6, 6.07) is 6.12. The number of hydrogen-bond donors (Lipinski definition) is 2. The Morgan fingerprint density at radius 1 is 1.22 bits per heavy atom. The highest BCUT2D eigenvalue weighted by molar-refractivity contribution is 5.94. The quantitative estimate of drug-likeness (QED) is 0.816. The van der Waals surface area contributed by atoms with Gasteiger partial charge in [0.1, 0.15) is 17.5 Å². The van der Waals surface area contributed by atoms with E-state index in [0.717, 1.165) is 55.5 Å². The van der Waals surface area contributed by atoms with Crippen LogP contribution in [-0.2, 0) is 0 Å². The van der Waals surface area contributed by atoms with Crippen LogP contribution in [0.3, 0.4) is 0 Å². The first kappa shape index (κ1) is 19.1. The van der Waals surface area contributed by atoms with E-state index in [0.29, 0.717) is 18.2 Å². The van der Waals surface area contributed by atoms with Crippen LogP contribution in [-0.4, -0.2) is 46.5 Å². The van der Waals surface area contributed by atoms with E-state index in [4.69, 9.17) is 0 Å². The molecule has 0 unspecified atom stereocenters. The normalized spacial score (nSPS) is 14.9. The van der Waals surface area contributed by atoms with Gasteiger partial charge in [0.15, 0.2) is 0 Å². The minimum Gasteiger partial charge on any atom is -0.367 e. The molecule has 0 bridgehead atoms. The van der Waals surface area contributed by atoms with Crippen molar-refractivity contribution in [2.45, 2.75) is 46.1 Å². The molecule has 0 aromatic carbocycles. The Balaban J connectivity index is 1.52. The second-order valence-corrected chi connectivity index (χ2v) is 7.01. The number of aryl methyl sites for hydroxylation is 2. The standard InChI is InChI=1S/C20H28N6O/c1-4-9-21-20(27)16-5-6-18(22-13-16)25-17-7-10-26(11-8-17)19-12-14(2)23-15(3)24-19/h5-6,12-13,17H,4,7-11H2,1-3H3,(H,21,27)(H,22,25). The van der Waals surface area contributed by atoms with Gasteiger partial charge in [-0.15, -0.1) is 0 Å². The summed E-state index contributed by atoms with van der Waals surface area (Å²) >= 11 is 0. The number of carbonyl (C=O) groups excluding carboxylic acids is 1. The van der Waals surface area contributed by atoms with Crippen molar-refractivity contribution in [3.8, 4) is 0 Å². The van der Waals surface area contributed by atoms with E-state index < -0.39 is 0 Å². The average Bonchev–Trinajstić information content (AvgIpc) is 2.66. The summed E-state index contributed by atoms with van der Waals surface area (Å²) in [5.74, 6) is 2.57. The van der Waals surface area contributed by atoms with Gasteiger partial charge in [-0.25, -0.2) is 15.0 Å². The van der Waals surface area contributed by atoms with Crippen LogP contribution < -0.4 is 15.5 Å². The Kier molecular flexibility index (Phi) is 6.21. The first-order chi connectivity index (χ1) is 13.0. The zero-order chi connectivity index (χ0) is 19.2. The summed E-state index contributed by atoms with van der Waals surface area (Å²) in [5.41, 5.74) is 1.60. The number of nitrogens with one attached hydrogen (secondary N) is 2. The van der Waals surface area contributed by atoms with E-state index >= 15 is 0 Å². The summed E-state index contributed by atoms with van der Waals surface area (Å²) in [5, 5.41) is 6.35. The van der Waals surface area contributed by atoms with E-state index in [2.05, 4.69) is 30.5 Å². The van der Waals surface area contributed by atoms with Crippen molar-refractivity contribution in [3.05, 3.63) is 41.5 Å². The summed E-state index contributed by atoms with van der Waals surface area (Å²) in [6.07, 6.45) is 4.59. The maximum Gasteiger partial charge on any atom is 0.252 e. The third-order valence-electron chi connectivity index (χ3n) is 4.68. The lowest BCUT2D eigenvalue weighted by molar-refractivity contribution is 0.0953. The average molecular weight is 368 g/mol. The highest BCUT2D eigenvalue weighted by Gasteiger charge is 2.21. The fourth-order valence-corrected chi connectivity index (χ4v) is 3.28. The van der Waals surface area contributed by atoms with Crippen LogP contribution in [0, 0.1) is 13.8 Å². The molecule has 7 heteroatoms. The van der Waals surface area contributed by atoms with Crippen molar-refractivity contribution in [3.63, 3.8) is 0 Å². The number of piperidine rings is 1. The predicted octanol–water partition coefficient (Wildman–Crippen LogP) is 2.71. The first-order valence-electron chi connectivity index (χ1n) is 9.63. The number of carbonyl (C=O) groups is 1. The van der Waals surface area contributed by atoms with Gasteiger partial charge in [0.05, 0.1) is 5.56 Å². The zero-order valence-corrected chi connectivity index (χ0v) is 16.3. The predicted molar refractivity (Wildman–Crippen MR) is 107 cm³/mol. The van der Waals surface area contributed by atoms with Gasteiger partial charge >= 0.3 is 0 Å². The molecule has 0 aliphatic carbocycles. The molecular formula is C20H28N6O. The molecule has 7 nitrogen and oxygen atoms in total. The van der Waals surface area contributed by atoms with Gasteiger partial charge in [0.25, 0.3) is 5.91 Å². The second kappa shape index (κ2) is 8.79. The maximum absolute atomic E-state index is 11.9. The number of nitrogens with zero attached hydrogens (tertiary/aromatic N) is 4. The molecule has 1 aliphatic rings. The molecule has 3 rings (SSSR count). The van der Waals surface area contributed by atoms with Crippen molar-refractivity contribution in [2.24, 2.45) is 0 Å². The highest BCUT2D eigenvalue weighted by Crippen LogP contribution is 2.21. The molecule has 144 valence electrons. The van der Waals surface area contributed by atoms with Crippen LogP contribution in [0.25, 0.3) is 0 Å². The first-order valence-corrected chi connectivity index (χ1v) is 9.63. The van der Waals surface area contributed by atoms with Gasteiger partial charge in [-0.2, -0.15) is 0 Å². The second-order valence-electron chi connectivity index (χ2n) is 7.01. The summed E-state index contributed by atoms with van der Waals surface area (Å²) < 4.78 is 0. The molecule has 1 fully saturated rings. The Labute approximate surface area is 160 Å². The summed E-state index contributed by atoms with van der Waals surface area (Å²) in [6.45, 7) is 8.55. The molecule has 1 aliphatic heterocycles. The summed E-state index contributed by atoms with van der Waals surface area (Å²) in [7, 11) is 0. The van der Waals surface area contributed by atoms with Crippen molar-refractivity contribution in [2.75, 3.05) is 29.9 Å². The number of amides is 1. The molecule has 27 heavy (non-hydrogen) atoms. The van der Waals surface area contributed by atoms with E-state index in [1.54, 1.807) is 6.20 Å². The smallest absolute Gasteiger partial charge is 0.252 e. The largest absolute Gasteiger partial charge is 0.367 e. The molecule has 0 radical (unpaired) electrons. The lowest BCUT2D eigenvalue weighted by Gasteiger charge is -2.33. The number of rotatable bonds is 6. The maximum atomic E-state index is 11.9. The van der Waals surface area contributed by atoms with Crippen molar-refractivity contribution in [1.29, 1.82) is 0 Å². The molecule has 0 atom stereocenters. The minimum absolute atomic E-state index is 0.0698. The lowest BCUT2D eigenvalue weighted by atomic mass is 10.0. The van der Waals surface area contributed by atoms with Crippen molar-refractivity contribution >= 4 is 17.5 Å². The van der Waals surface area contributed by atoms with Gasteiger partial charge in [0.2, 0.25) is 0 Å². The number of aromatic nitrogens is 3. The third-order valence-corrected chi connectivity index (χ3v) is 4.68. The van der Waals surface area contributed by atoms with E-state index in [1.165, 1.54) is 0 Å². The molecule has 2 aromatic rings. The fourth-order valence-electron chi connectivity index (χ4n) is 3.28. The monoisotopic (exact) mass is 368 g/mol. The van der Waals surface area contributed by atoms with Crippen LogP contribution in [0.15, 0.2) is 24.4 Å². The molecule has 3 heterocycles. The molecule has 2 N–H and O–H groups in total. The Morgan fingerprint density at radius 3 is 2.63 bits per heavy atom. The van der Waals surface area contributed by atoms with E-state index in [9.17, 15) is 4.79 Å².